The third-order valence-corrected chi connectivity index (χ3v) is 5.09. The quantitative estimate of drug-likeness (QED) is 0.773. The molecule has 1 aliphatic carbocycles. The van der Waals surface area contributed by atoms with E-state index in [1.165, 1.54) is 6.26 Å². The lowest BCUT2D eigenvalue weighted by atomic mass is 9.64. The first-order chi connectivity index (χ1) is 6.22. The molecule has 0 unspecified atom stereocenters. The van der Waals surface area contributed by atoms with E-state index in [2.05, 4.69) is 19.2 Å². The highest BCUT2D eigenvalue weighted by molar-refractivity contribution is 7.92. The minimum atomic E-state index is -2.93. The van der Waals surface area contributed by atoms with Crippen LogP contribution in [0.25, 0.3) is 0 Å². The van der Waals surface area contributed by atoms with Crippen molar-refractivity contribution in [2.24, 2.45) is 5.41 Å². The van der Waals surface area contributed by atoms with Crippen molar-refractivity contribution >= 4 is 9.84 Å². The minimum absolute atomic E-state index is 0.193. The van der Waals surface area contributed by atoms with Gasteiger partial charge in [-0.05, 0) is 24.8 Å². The number of sulfone groups is 1. The molecule has 0 radical (unpaired) electrons. The molecule has 4 heteroatoms. The summed E-state index contributed by atoms with van der Waals surface area (Å²) in [5.41, 5.74) is 0.193. The van der Waals surface area contributed by atoms with Crippen molar-refractivity contribution in [3.8, 4) is 0 Å². The summed E-state index contributed by atoms with van der Waals surface area (Å²) < 4.78 is 22.9. The Balaban J connectivity index is 2.76. The molecule has 0 aliphatic heterocycles. The summed E-state index contributed by atoms with van der Waals surface area (Å²) >= 11 is 0. The fourth-order valence-corrected chi connectivity index (χ4v) is 4.23. The summed E-state index contributed by atoms with van der Waals surface area (Å²) in [7, 11) is -2.93. The van der Waals surface area contributed by atoms with Gasteiger partial charge >= 0.3 is 0 Å². The van der Waals surface area contributed by atoms with Crippen molar-refractivity contribution in [1.82, 2.24) is 5.32 Å². The molecule has 0 aromatic heterocycles. The molecule has 1 saturated carbocycles. The first kappa shape index (κ1) is 12.0. The average molecular weight is 219 g/mol. The summed E-state index contributed by atoms with van der Waals surface area (Å²) in [4.78, 5) is 0. The van der Waals surface area contributed by atoms with E-state index in [0.717, 1.165) is 19.4 Å². The lowest BCUT2D eigenvalue weighted by Crippen LogP contribution is -2.59. The van der Waals surface area contributed by atoms with Crippen molar-refractivity contribution in [1.29, 1.82) is 0 Å². The highest BCUT2D eigenvalue weighted by Gasteiger charge is 2.55. The Morgan fingerprint density at radius 1 is 1.29 bits per heavy atom. The van der Waals surface area contributed by atoms with Crippen LogP contribution in [0.3, 0.4) is 0 Å². The maximum atomic E-state index is 11.7. The van der Waals surface area contributed by atoms with Gasteiger partial charge in [0.15, 0.2) is 9.84 Å². The first-order valence-corrected chi connectivity index (χ1v) is 7.02. The van der Waals surface area contributed by atoms with Crippen LogP contribution >= 0.6 is 0 Å². The van der Waals surface area contributed by atoms with Crippen LogP contribution in [0.2, 0.25) is 0 Å². The minimum Gasteiger partial charge on any atom is -0.315 e. The van der Waals surface area contributed by atoms with Crippen LogP contribution in [0.1, 0.15) is 33.6 Å². The van der Waals surface area contributed by atoms with Gasteiger partial charge in [-0.3, -0.25) is 0 Å². The van der Waals surface area contributed by atoms with Crippen LogP contribution in [0.5, 0.6) is 0 Å². The highest BCUT2D eigenvalue weighted by atomic mass is 32.2. The molecule has 0 amide bonds. The molecular formula is C10H21NO2S. The molecule has 0 saturated heterocycles. The molecule has 0 bridgehead atoms. The van der Waals surface area contributed by atoms with Crippen molar-refractivity contribution in [2.45, 2.75) is 38.4 Å². The van der Waals surface area contributed by atoms with Gasteiger partial charge in [-0.1, -0.05) is 20.8 Å². The highest BCUT2D eigenvalue weighted by Crippen LogP contribution is 2.51. The topological polar surface area (TPSA) is 46.2 Å². The Hall–Kier alpha value is -0.0900. The van der Waals surface area contributed by atoms with Crippen LogP contribution in [0.15, 0.2) is 0 Å². The summed E-state index contributed by atoms with van der Waals surface area (Å²) in [6.07, 6.45) is 2.93. The number of rotatable bonds is 4. The zero-order valence-electron chi connectivity index (χ0n) is 9.55. The van der Waals surface area contributed by atoms with E-state index in [4.69, 9.17) is 0 Å². The Kier molecular flexibility index (Phi) is 2.99. The van der Waals surface area contributed by atoms with Gasteiger partial charge in [0.05, 0.1) is 4.75 Å². The van der Waals surface area contributed by atoms with Crippen LogP contribution in [0.4, 0.5) is 0 Å². The van der Waals surface area contributed by atoms with Crippen molar-refractivity contribution in [3.63, 3.8) is 0 Å². The number of nitrogens with one attached hydrogen (secondary N) is 1. The fraction of sp³-hybridized carbons (Fsp3) is 1.00. The van der Waals surface area contributed by atoms with Gasteiger partial charge in [0, 0.05) is 12.8 Å². The summed E-state index contributed by atoms with van der Waals surface area (Å²) in [6, 6.07) is 0. The van der Waals surface area contributed by atoms with Gasteiger partial charge in [-0.2, -0.15) is 0 Å². The number of hydrogen-bond donors (Lipinski definition) is 1. The standard InChI is InChI=1S/C10H21NO2S/c1-5-11-8-10(14(4,12)13)6-9(2,3)7-10/h11H,5-8H2,1-4H3. The smallest absolute Gasteiger partial charge is 0.154 e. The Morgan fingerprint density at radius 2 is 1.79 bits per heavy atom. The molecule has 84 valence electrons. The summed E-state index contributed by atoms with van der Waals surface area (Å²) in [5, 5.41) is 3.16. The molecule has 0 aromatic carbocycles. The SMILES string of the molecule is CCNCC1(S(C)(=O)=O)CC(C)(C)C1. The Labute approximate surface area is 87.2 Å². The van der Waals surface area contributed by atoms with Crippen LogP contribution in [-0.2, 0) is 9.84 Å². The zero-order valence-corrected chi connectivity index (χ0v) is 10.4. The first-order valence-electron chi connectivity index (χ1n) is 5.13. The maximum absolute atomic E-state index is 11.7. The second kappa shape index (κ2) is 3.49. The van der Waals surface area contributed by atoms with Crippen LogP contribution < -0.4 is 5.32 Å². The van der Waals surface area contributed by atoms with Crippen molar-refractivity contribution in [3.05, 3.63) is 0 Å². The molecule has 0 atom stereocenters. The van der Waals surface area contributed by atoms with E-state index < -0.39 is 14.6 Å². The second-order valence-electron chi connectivity index (χ2n) is 5.25. The molecule has 1 aliphatic rings. The van der Waals surface area contributed by atoms with Gasteiger partial charge < -0.3 is 5.32 Å². The fourth-order valence-electron chi connectivity index (χ4n) is 2.56. The largest absolute Gasteiger partial charge is 0.315 e. The predicted molar refractivity (Wildman–Crippen MR) is 59.1 cm³/mol. The van der Waals surface area contributed by atoms with Gasteiger partial charge in [0.1, 0.15) is 0 Å². The lowest BCUT2D eigenvalue weighted by molar-refractivity contribution is 0.117. The summed E-state index contributed by atoms with van der Waals surface area (Å²) in [6.45, 7) is 7.69. The lowest BCUT2D eigenvalue weighted by Gasteiger charge is -2.52. The predicted octanol–water partition coefficient (Wildman–Crippen LogP) is 1.20. The van der Waals surface area contributed by atoms with Crippen molar-refractivity contribution in [2.75, 3.05) is 19.3 Å². The Morgan fingerprint density at radius 3 is 2.07 bits per heavy atom. The molecule has 1 N–H and O–H groups in total. The van der Waals surface area contributed by atoms with Gasteiger partial charge in [-0.15, -0.1) is 0 Å². The number of hydrogen-bond acceptors (Lipinski definition) is 3. The Bertz CT molecular complexity index is 298. The molecule has 0 aromatic rings. The van der Waals surface area contributed by atoms with Crippen LogP contribution in [0, 0.1) is 5.41 Å². The average Bonchev–Trinajstić information content (AvgIpc) is 1.93. The molecule has 1 rings (SSSR count). The molecule has 1 fully saturated rings. The van der Waals surface area contributed by atoms with E-state index in [1.807, 2.05) is 6.92 Å². The zero-order chi connectivity index (χ0) is 11.0. The second-order valence-corrected chi connectivity index (χ2v) is 7.66. The van der Waals surface area contributed by atoms with E-state index in [9.17, 15) is 8.42 Å². The van der Waals surface area contributed by atoms with E-state index in [0.29, 0.717) is 6.54 Å². The monoisotopic (exact) mass is 219 g/mol. The molecular weight excluding hydrogens is 198 g/mol. The van der Waals surface area contributed by atoms with E-state index in [-0.39, 0.29) is 5.41 Å². The van der Waals surface area contributed by atoms with Gasteiger partial charge in [0.2, 0.25) is 0 Å². The summed E-state index contributed by atoms with van der Waals surface area (Å²) in [5.74, 6) is 0. The van der Waals surface area contributed by atoms with E-state index in [1.54, 1.807) is 0 Å². The maximum Gasteiger partial charge on any atom is 0.154 e. The third kappa shape index (κ3) is 2.11. The molecule has 0 heterocycles. The van der Waals surface area contributed by atoms with Crippen molar-refractivity contribution < 1.29 is 8.42 Å². The molecule has 0 spiro atoms. The van der Waals surface area contributed by atoms with E-state index >= 15 is 0 Å². The normalized spacial score (nSPS) is 24.3. The van der Waals surface area contributed by atoms with Crippen LogP contribution in [-0.4, -0.2) is 32.5 Å². The van der Waals surface area contributed by atoms with Gasteiger partial charge in [-0.25, -0.2) is 8.42 Å². The van der Waals surface area contributed by atoms with Gasteiger partial charge in [0.25, 0.3) is 0 Å². The molecule has 14 heavy (non-hydrogen) atoms. The third-order valence-electron chi connectivity index (χ3n) is 3.09. The molecule has 3 nitrogen and oxygen atoms in total.